The molecule has 1 saturated heterocycles. The van der Waals surface area contributed by atoms with Gasteiger partial charge in [0.1, 0.15) is 0 Å². The van der Waals surface area contributed by atoms with E-state index in [0.717, 1.165) is 19.3 Å². The van der Waals surface area contributed by atoms with E-state index in [0.29, 0.717) is 0 Å². The summed E-state index contributed by atoms with van der Waals surface area (Å²) in [7, 11) is 1.32. The largest absolute Gasteiger partial charge is 0.468 e. The molecule has 4 nitrogen and oxygen atoms in total. The van der Waals surface area contributed by atoms with Gasteiger partial charge in [0.15, 0.2) is 11.2 Å². The summed E-state index contributed by atoms with van der Waals surface area (Å²) in [5.41, 5.74) is -0.958. The second-order valence-electron chi connectivity index (χ2n) is 4.06. The summed E-state index contributed by atoms with van der Waals surface area (Å²) in [4.78, 5) is 23.4. The lowest BCUT2D eigenvalue weighted by Gasteiger charge is -2.41. The van der Waals surface area contributed by atoms with Gasteiger partial charge in [0.25, 0.3) is 0 Å². The molecule has 0 unspecified atom stereocenters. The first kappa shape index (κ1) is 9.65. The quantitative estimate of drug-likeness (QED) is 0.490. The molecule has 0 aromatic carbocycles. The number of rotatable bonds is 3. The molecule has 0 spiro atoms. The van der Waals surface area contributed by atoms with Crippen LogP contribution in [0.3, 0.4) is 0 Å². The van der Waals surface area contributed by atoms with E-state index in [4.69, 9.17) is 4.74 Å². The predicted octanol–water partition coefficient (Wildman–Crippen LogP) is 0.545. The number of esters is 1. The van der Waals surface area contributed by atoms with Crippen LogP contribution in [0.2, 0.25) is 0 Å². The monoisotopic (exact) mass is 198 g/mol. The Hall–Kier alpha value is -0.900. The molecule has 0 bridgehead atoms. The summed E-state index contributed by atoms with van der Waals surface area (Å²) in [6.45, 7) is 0.407. The third kappa shape index (κ3) is 1.17. The van der Waals surface area contributed by atoms with Crippen LogP contribution in [0.25, 0.3) is 0 Å². The second kappa shape index (κ2) is 3.35. The van der Waals surface area contributed by atoms with E-state index >= 15 is 0 Å². The van der Waals surface area contributed by atoms with Crippen LogP contribution >= 0.6 is 0 Å². The highest BCUT2D eigenvalue weighted by Crippen LogP contribution is 2.39. The van der Waals surface area contributed by atoms with Crippen molar-refractivity contribution in [3.63, 3.8) is 0 Å². The first-order valence-corrected chi connectivity index (χ1v) is 4.91. The summed E-state index contributed by atoms with van der Waals surface area (Å²) in [6, 6.07) is 0. The molecule has 0 atom stereocenters. The Kier molecular flexibility index (Phi) is 2.31. The molecule has 2 rings (SSSR count). The molecule has 0 radical (unpaired) electrons. The van der Waals surface area contributed by atoms with Gasteiger partial charge in [-0.05, 0) is 12.8 Å². The Morgan fingerprint density at radius 1 is 1.36 bits per heavy atom. The Morgan fingerprint density at radius 2 is 2.00 bits per heavy atom. The standard InChI is InChI=1S/C10H14O4/c1-13-9(12)10(5-14-6-10)8(11)7-3-2-4-7/h7H,2-6H2,1H3. The van der Waals surface area contributed by atoms with Crippen LogP contribution in [0, 0.1) is 11.3 Å². The van der Waals surface area contributed by atoms with Crippen LogP contribution in [0.4, 0.5) is 0 Å². The van der Waals surface area contributed by atoms with Gasteiger partial charge in [-0.1, -0.05) is 6.42 Å². The van der Waals surface area contributed by atoms with Crippen LogP contribution in [-0.2, 0) is 19.1 Å². The van der Waals surface area contributed by atoms with E-state index in [9.17, 15) is 9.59 Å². The minimum absolute atomic E-state index is 0.0295. The number of hydrogen-bond donors (Lipinski definition) is 0. The predicted molar refractivity (Wildman–Crippen MR) is 47.6 cm³/mol. The van der Waals surface area contributed by atoms with Crippen LogP contribution in [0.5, 0.6) is 0 Å². The maximum absolute atomic E-state index is 11.9. The molecule has 2 aliphatic rings. The van der Waals surface area contributed by atoms with Gasteiger partial charge >= 0.3 is 5.97 Å². The van der Waals surface area contributed by atoms with Gasteiger partial charge in [-0.15, -0.1) is 0 Å². The van der Waals surface area contributed by atoms with Crippen LogP contribution in [0.1, 0.15) is 19.3 Å². The number of methoxy groups -OCH3 is 1. The molecule has 1 aliphatic carbocycles. The van der Waals surface area contributed by atoms with Crippen LogP contribution in [0.15, 0.2) is 0 Å². The summed E-state index contributed by atoms with van der Waals surface area (Å²) >= 11 is 0. The smallest absolute Gasteiger partial charge is 0.324 e. The van der Waals surface area contributed by atoms with Crippen molar-refractivity contribution < 1.29 is 19.1 Å². The van der Waals surface area contributed by atoms with E-state index in [-0.39, 0.29) is 24.9 Å². The van der Waals surface area contributed by atoms with Crippen molar-refractivity contribution in [3.8, 4) is 0 Å². The summed E-state index contributed by atoms with van der Waals surface area (Å²) in [5, 5.41) is 0. The normalized spacial score (nSPS) is 24.6. The van der Waals surface area contributed by atoms with E-state index in [1.165, 1.54) is 7.11 Å². The average molecular weight is 198 g/mol. The van der Waals surface area contributed by atoms with Crippen LogP contribution in [-0.4, -0.2) is 32.1 Å². The Balaban J connectivity index is 2.10. The van der Waals surface area contributed by atoms with Crippen molar-refractivity contribution in [1.29, 1.82) is 0 Å². The summed E-state index contributed by atoms with van der Waals surface area (Å²) in [6.07, 6.45) is 2.92. The molecule has 1 aliphatic heterocycles. The lowest BCUT2D eigenvalue weighted by Crippen LogP contribution is -2.58. The number of ether oxygens (including phenoxy) is 2. The molecule has 78 valence electrons. The first-order valence-electron chi connectivity index (χ1n) is 4.91. The lowest BCUT2D eigenvalue weighted by molar-refractivity contribution is -0.190. The van der Waals surface area contributed by atoms with Gasteiger partial charge in [0.2, 0.25) is 0 Å². The second-order valence-corrected chi connectivity index (χ2v) is 4.06. The zero-order chi connectivity index (χ0) is 10.2. The Labute approximate surface area is 82.6 Å². The van der Waals surface area contributed by atoms with Gasteiger partial charge in [0, 0.05) is 5.92 Å². The van der Waals surface area contributed by atoms with Gasteiger partial charge in [-0.3, -0.25) is 9.59 Å². The zero-order valence-corrected chi connectivity index (χ0v) is 8.25. The van der Waals surface area contributed by atoms with E-state index in [1.807, 2.05) is 0 Å². The zero-order valence-electron chi connectivity index (χ0n) is 8.25. The highest BCUT2D eigenvalue weighted by Gasteiger charge is 2.56. The van der Waals surface area contributed by atoms with E-state index in [2.05, 4.69) is 4.74 Å². The average Bonchev–Trinajstić information content (AvgIpc) is 1.98. The summed E-state index contributed by atoms with van der Waals surface area (Å²) in [5.74, 6) is -0.333. The molecule has 0 aromatic heterocycles. The molecule has 0 amide bonds. The molecule has 0 aromatic rings. The number of carbonyl (C=O) groups excluding carboxylic acids is 2. The number of Topliss-reactive ketones (excluding diaryl/α,β-unsaturated/α-hetero) is 1. The first-order chi connectivity index (χ1) is 6.70. The fourth-order valence-electron chi connectivity index (χ4n) is 1.92. The highest BCUT2D eigenvalue weighted by molar-refractivity contribution is 6.06. The maximum atomic E-state index is 11.9. The van der Waals surface area contributed by atoms with Gasteiger partial charge in [0.05, 0.1) is 20.3 Å². The molecular formula is C10H14O4. The van der Waals surface area contributed by atoms with Crippen molar-refractivity contribution in [2.75, 3.05) is 20.3 Å². The topological polar surface area (TPSA) is 52.6 Å². The SMILES string of the molecule is COC(=O)C1(C(=O)C2CCC2)COC1. The van der Waals surface area contributed by atoms with Crippen molar-refractivity contribution >= 4 is 11.8 Å². The molecule has 2 fully saturated rings. The third-order valence-corrected chi connectivity index (χ3v) is 3.22. The number of hydrogen-bond acceptors (Lipinski definition) is 4. The van der Waals surface area contributed by atoms with Crippen molar-refractivity contribution in [2.24, 2.45) is 11.3 Å². The minimum Gasteiger partial charge on any atom is -0.468 e. The van der Waals surface area contributed by atoms with E-state index < -0.39 is 11.4 Å². The van der Waals surface area contributed by atoms with Crippen molar-refractivity contribution in [2.45, 2.75) is 19.3 Å². The Bertz CT molecular complexity index is 263. The maximum Gasteiger partial charge on any atom is 0.324 e. The third-order valence-electron chi connectivity index (χ3n) is 3.22. The highest BCUT2D eigenvalue weighted by atomic mass is 16.5. The summed E-state index contributed by atoms with van der Waals surface area (Å²) < 4.78 is 9.64. The molecule has 1 heterocycles. The molecular weight excluding hydrogens is 184 g/mol. The van der Waals surface area contributed by atoms with Crippen molar-refractivity contribution in [1.82, 2.24) is 0 Å². The fraction of sp³-hybridized carbons (Fsp3) is 0.800. The van der Waals surface area contributed by atoms with Crippen molar-refractivity contribution in [3.05, 3.63) is 0 Å². The Morgan fingerprint density at radius 3 is 2.29 bits per heavy atom. The lowest BCUT2D eigenvalue weighted by atomic mass is 9.69. The minimum atomic E-state index is -0.958. The van der Waals surface area contributed by atoms with Gasteiger partial charge in [-0.25, -0.2) is 0 Å². The van der Waals surface area contributed by atoms with E-state index in [1.54, 1.807) is 0 Å². The molecule has 1 saturated carbocycles. The van der Waals surface area contributed by atoms with Crippen LogP contribution < -0.4 is 0 Å². The molecule has 0 N–H and O–H groups in total. The molecule has 4 heteroatoms. The number of carbonyl (C=O) groups is 2. The fourth-order valence-corrected chi connectivity index (χ4v) is 1.92. The van der Waals surface area contributed by atoms with Gasteiger partial charge in [-0.2, -0.15) is 0 Å². The van der Waals surface area contributed by atoms with Gasteiger partial charge < -0.3 is 9.47 Å². The number of ketones is 1. The molecule has 14 heavy (non-hydrogen) atoms.